The van der Waals surface area contributed by atoms with Gasteiger partial charge in [0.25, 0.3) is 0 Å². The van der Waals surface area contributed by atoms with E-state index in [0.717, 1.165) is 32.1 Å². The topological polar surface area (TPSA) is 80.7 Å². The molecule has 3 fully saturated rings. The molecule has 0 spiro atoms. The molecule has 0 bridgehead atoms. The van der Waals surface area contributed by atoms with Crippen LogP contribution in [0.15, 0.2) is 11.6 Å². The number of ether oxygens (including phenoxy) is 1. The van der Waals surface area contributed by atoms with Gasteiger partial charge in [0.05, 0.1) is 6.10 Å². The lowest BCUT2D eigenvalue weighted by atomic mass is 9.46. The molecule has 5 heteroatoms. The van der Waals surface area contributed by atoms with Gasteiger partial charge in [-0.1, -0.05) is 19.4 Å². The molecule has 0 aromatic rings. The fraction of sp³-hybridized carbons (Fsp3) is 0.783. The first-order valence-electron chi connectivity index (χ1n) is 10.7. The van der Waals surface area contributed by atoms with Crippen LogP contribution in [0.25, 0.3) is 0 Å². The largest absolute Gasteiger partial charge is 0.458 e. The van der Waals surface area contributed by atoms with Gasteiger partial charge in [0.15, 0.2) is 11.6 Å². The van der Waals surface area contributed by atoms with Crippen molar-refractivity contribution in [2.24, 2.45) is 34.5 Å². The zero-order valence-corrected chi connectivity index (χ0v) is 17.2. The molecule has 0 aromatic heterocycles. The molecule has 1 N–H and O–H groups in total. The van der Waals surface area contributed by atoms with Gasteiger partial charge in [0.1, 0.15) is 6.61 Å². The second-order valence-corrected chi connectivity index (χ2v) is 10.0. The fourth-order valence-corrected chi connectivity index (χ4v) is 7.49. The van der Waals surface area contributed by atoms with Crippen LogP contribution in [0.3, 0.4) is 0 Å². The SMILES string of the molecule is CC(=O)OCC(=O)C1CCC2C3CCC4=CC(=O)CC[C@]4(C)C3C(O)C[C@]12C. The third-order valence-corrected chi connectivity index (χ3v) is 8.70. The lowest BCUT2D eigenvalue weighted by molar-refractivity contribution is -0.154. The van der Waals surface area contributed by atoms with Gasteiger partial charge in [-0.2, -0.15) is 0 Å². The van der Waals surface area contributed by atoms with Crippen molar-refractivity contribution in [1.82, 2.24) is 0 Å². The third kappa shape index (κ3) is 2.89. The smallest absolute Gasteiger partial charge is 0.303 e. The number of aliphatic hydroxyl groups excluding tert-OH is 1. The molecule has 0 aromatic carbocycles. The summed E-state index contributed by atoms with van der Waals surface area (Å²) in [4.78, 5) is 35.9. The van der Waals surface area contributed by atoms with Crippen LogP contribution in [-0.2, 0) is 19.1 Å². The Bertz CT molecular complexity index is 739. The first kappa shape index (κ1) is 19.8. The van der Waals surface area contributed by atoms with Crippen LogP contribution in [0.2, 0.25) is 0 Å². The second-order valence-electron chi connectivity index (χ2n) is 10.0. The van der Waals surface area contributed by atoms with Gasteiger partial charge < -0.3 is 9.84 Å². The van der Waals surface area contributed by atoms with Gasteiger partial charge in [-0.15, -0.1) is 0 Å². The van der Waals surface area contributed by atoms with Crippen LogP contribution in [0.5, 0.6) is 0 Å². The molecular weight excluding hydrogens is 356 g/mol. The summed E-state index contributed by atoms with van der Waals surface area (Å²) in [6, 6.07) is 0. The number of esters is 1. The van der Waals surface area contributed by atoms with E-state index in [-0.39, 0.29) is 40.8 Å². The number of hydrogen-bond donors (Lipinski definition) is 1. The van der Waals surface area contributed by atoms with Crippen LogP contribution in [0.4, 0.5) is 0 Å². The van der Waals surface area contributed by atoms with Gasteiger partial charge in [-0.05, 0) is 73.2 Å². The fourth-order valence-electron chi connectivity index (χ4n) is 7.49. The Labute approximate surface area is 166 Å². The van der Waals surface area contributed by atoms with E-state index in [2.05, 4.69) is 13.8 Å². The predicted octanol–water partition coefficient (Wildman–Crippen LogP) is 3.24. The summed E-state index contributed by atoms with van der Waals surface area (Å²) in [6.45, 7) is 5.58. The number of hydrogen-bond acceptors (Lipinski definition) is 5. The summed E-state index contributed by atoms with van der Waals surface area (Å²) in [6.07, 6.45) is 7.12. The minimum atomic E-state index is -0.463. The minimum Gasteiger partial charge on any atom is -0.458 e. The molecule has 4 aliphatic carbocycles. The number of ketones is 2. The molecular formula is C23H32O5. The summed E-state index contributed by atoms with van der Waals surface area (Å²) in [5.74, 6) is 0.600. The van der Waals surface area contributed by atoms with Gasteiger partial charge in [0, 0.05) is 19.3 Å². The standard InChI is InChI=1S/C23H32O5/c1-13(24)28-12-20(27)18-7-6-17-16-5-4-14-10-15(25)8-9-22(14,2)21(16)19(26)11-23(17,18)3/h10,16-19,21,26H,4-9,11-12H2,1-3H3/t16?,17?,18?,19?,21?,22-,23-/m0/s1. The number of allylic oxidation sites excluding steroid dienone is 1. The van der Waals surface area contributed by atoms with Crippen molar-refractivity contribution >= 4 is 17.5 Å². The van der Waals surface area contributed by atoms with E-state index in [1.807, 2.05) is 6.08 Å². The van der Waals surface area contributed by atoms with E-state index in [1.54, 1.807) is 0 Å². The van der Waals surface area contributed by atoms with Crippen LogP contribution in [0, 0.1) is 34.5 Å². The van der Waals surface area contributed by atoms with E-state index in [0.29, 0.717) is 24.7 Å². The van der Waals surface area contributed by atoms with Crippen LogP contribution >= 0.6 is 0 Å². The van der Waals surface area contributed by atoms with Crippen LogP contribution in [0.1, 0.15) is 65.7 Å². The number of rotatable bonds is 3. The molecule has 4 rings (SSSR count). The molecule has 5 unspecified atom stereocenters. The lowest BCUT2D eigenvalue weighted by Crippen LogP contribution is -2.57. The van der Waals surface area contributed by atoms with Crippen LogP contribution < -0.4 is 0 Å². The van der Waals surface area contributed by atoms with E-state index in [9.17, 15) is 19.5 Å². The van der Waals surface area contributed by atoms with Crippen LogP contribution in [-0.4, -0.2) is 35.4 Å². The minimum absolute atomic E-state index is 0.00304. The highest BCUT2D eigenvalue weighted by atomic mass is 16.5. The highest BCUT2D eigenvalue weighted by molar-refractivity contribution is 5.91. The van der Waals surface area contributed by atoms with E-state index in [4.69, 9.17) is 4.74 Å². The normalized spacial score (nSPS) is 44.8. The summed E-state index contributed by atoms with van der Waals surface area (Å²) >= 11 is 0. The maximum atomic E-state index is 12.8. The van der Waals surface area contributed by atoms with Gasteiger partial charge in [-0.3, -0.25) is 14.4 Å². The molecule has 154 valence electrons. The zero-order valence-electron chi connectivity index (χ0n) is 17.2. The molecule has 28 heavy (non-hydrogen) atoms. The lowest BCUT2D eigenvalue weighted by Gasteiger charge is -2.59. The number of carbonyl (C=O) groups is 3. The third-order valence-electron chi connectivity index (χ3n) is 8.70. The Hall–Kier alpha value is -1.49. The van der Waals surface area contributed by atoms with Gasteiger partial charge >= 0.3 is 5.97 Å². The molecule has 0 amide bonds. The number of carbonyl (C=O) groups excluding carboxylic acids is 3. The summed E-state index contributed by atoms with van der Waals surface area (Å²) in [5.41, 5.74) is 0.894. The quantitative estimate of drug-likeness (QED) is 0.751. The summed E-state index contributed by atoms with van der Waals surface area (Å²) in [7, 11) is 0. The Morgan fingerprint density at radius 1 is 1.21 bits per heavy atom. The number of aliphatic hydroxyl groups is 1. The predicted molar refractivity (Wildman–Crippen MR) is 103 cm³/mol. The van der Waals surface area contributed by atoms with Crippen molar-refractivity contribution in [2.45, 2.75) is 71.8 Å². The Balaban J connectivity index is 1.61. The molecule has 0 saturated heterocycles. The van der Waals surface area contributed by atoms with Crippen molar-refractivity contribution in [3.05, 3.63) is 11.6 Å². The average molecular weight is 389 g/mol. The van der Waals surface area contributed by atoms with E-state index < -0.39 is 12.1 Å². The Morgan fingerprint density at radius 3 is 2.68 bits per heavy atom. The van der Waals surface area contributed by atoms with E-state index >= 15 is 0 Å². The summed E-state index contributed by atoms with van der Waals surface area (Å²) < 4.78 is 4.98. The molecule has 3 saturated carbocycles. The van der Waals surface area contributed by atoms with Gasteiger partial charge in [-0.25, -0.2) is 0 Å². The first-order valence-corrected chi connectivity index (χ1v) is 10.7. The molecule has 0 aliphatic heterocycles. The molecule has 5 nitrogen and oxygen atoms in total. The van der Waals surface area contributed by atoms with Gasteiger partial charge in [0.2, 0.25) is 0 Å². The number of fused-ring (bicyclic) bond motifs is 5. The highest BCUT2D eigenvalue weighted by Crippen LogP contribution is 2.66. The number of Topliss-reactive ketones (excluding diaryl/α,β-unsaturated/α-hetero) is 1. The monoisotopic (exact) mass is 388 g/mol. The van der Waals surface area contributed by atoms with Crippen molar-refractivity contribution in [2.75, 3.05) is 6.61 Å². The molecule has 4 aliphatic rings. The second kappa shape index (κ2) is 6.79. The Morgan fingerprint density at radius 2 is 1.96 bits per heavy atom. The zero-order chi connectivity index (χ0) is 20.3. The summed E-state index contributed by atoms with van der Waals surface area (Å²) in [5, 5.41) is 11.3. The van der Waals surface area contributed by atoms with Crippen molar-refractivity contribution in [3.63, 3.8) is 0 Å². The molecule has 0 radical (unpaired) electrons. The average Bonchev–Trinajstić information content (AvgIpc) is 2.96. The maximum Gasteiger partial charge on any atom is 0.303 e. The molecule has 7 atom stereocenters. The van der Waals surface area contributed by atoms with E-state index in [1.165, 1.54) is 12.5 Å². The van der Waals surface area contributed by atoms with Crippen molar-refractivity contribution in [3.8, 4) is 0 Å². The van der Waals surface area contributed by atoms with Crippen molar-refractivity contribution in [1.29, 1.82) is 0 Å². The van der Waals surface area contributed by atoms with Crippen molar-refractivity contribution < 1.29 is 24.2 Å². The maximum absolute atomic E-state index is 12.8. The first-order chi connectivity index (χ1) is 13.2. The highest BCUT2D eigenvalue weighted by Gasteiger charge is 2.62. The molecule has 0 heterocycles. The Kier molecular flexibility index (Phi) is 4.80.